The lowest BCUT2D eigenvalue weighted by Gasteiger charge is -2.37. The number of carbonyl (C=O) groups excluding carboxylic acids is 1. The van der Waals surface area contributed by atoms with Crippen LogP contribution < -0.4 is 5.32 Å². The zero-order valence-electron chi connectivity index (χ0n) is 15.3. The lowest BCUT2D eigenvalue weighted by molar-refractivity contribution is -0.126. The highest BCUT2D eigenvalue weighted by molar-refractivity contribution is 5.92. The summed E-state index contributed by atoms with van der Waals surface area (Å²) in [7, 11) is 0. The molecule has 0 fully saturated rings. The Balaban J connectivity index is 2.49. The molecule has 2 nitrogen and oxygen atoms in total. The van der Waals surface area contributed by atoms with E-state index in [9.17, 15) is 4.79 Å². The van der Waals surface area contributed by atoms with Crippen molar-refractivity contribution in [1.82, 2.24) is 5.32 Å². The van der Waals surface area contributed by atoms with Crippen molar-refractivity contribution in [2.45, 2.75) is 39.5 Å². The molecule has 1 amide bonds. The van der Waals surface area contributed by atoms with Crippen LogP contribution in [0.25, 0.3) is 0 Å². The number of nitrogens with one attached hydrogen (secondary N) is 1. The molecule has 24 heavy (non-hydrogen) atoms. The Bertz CT molecular complexity index is 592. The second-order valence-corrected chi connectivity index (χ2v) is 7.13. The van der Waals surface area contributed by atoms with E-state index in [1.807, 2.05) is 36.4 Å². The van der Waals surface area contributed by atoms with E-state index in [1.165, 1.54) is 0 Å². The van der Waals surface area contributed by atoms with E-state index in [4.69, 9.17) is 0 Å². The molecule has 0 aliphatic heterocycles. The normalized spacial score (nSPS) is 11.8. The predicted molar refractivity (Wildman–Crippen MR) is 101 cm³/mol. The van der Waals surface area contributed by atoms with Gasteiger partial charge in [0.2, 0.25) is 5.91 Å². The molecule has 0 aliphatic rings. The molecule has 0 spiro atoms. The Labute approximate surface area is 146 Å². The molecular formula is C22H29NO. The first-order chi connectivity index (χ1) is 11.5. The van der Waals surface area contributed by atoms with Crippen LogP contribution in [0.3, 0.4) is 0 Å². The van der Waals surface area contributed by atoms with Crippen molar-refractivity contribution in [1.29, 1.82) is 0 Å². The predicted octanol–water partition coefficient (Wildman–Crippen LogP) is 4.79. The smallest absolute Gasteiger partial charge is 0.235 e. The van der Waals surface area contributed by atoms with Gasteiger partial charge in [0.05, 0.1) is 0 Å². The molecule has 0 radical (unpaired) electrons. The minimum atomic E-state index is -0.667. The third kappa shape index (κ3) is 3.69. The summed E-state index contributed by atoms with van der Waals surface area (Å²) in [6.07, 6.45) is 0.990. The maximum Gasteiger partial charge on any atom is 0.235 e. The van der Waals surface area contributed by atoms with Gasteiger partial charge in [0.1, 0.15) is 5.41 Å². The second-order valence-electron chi connectivity index (χ2n) is 7.13. The largest absolute Gasteiger partial charge is 0.355 e. The highest BCUT2D eigenvalue weighted by Gasteiger charge is 2.44. The van der Waals surface area contributed by atoms with Crippen LogP contribution in [0.4, 0.5) is 0 Å². The summed E-state index contributed by atoms with van der Waals surface area (Å²) in [6.45, 7) is 9.32. The van der Waals surface area contributed by atoms with E-state index in [1.54, 1.807) is 0 Å². The van der Waals surface area contributed by atoms with Gasteiger partial charge in [-0.05, 0) is 29.4 Å². The van der Waals surface area contributed by atoms with Gasteiger partial charge in [-0.1, -0.05) is 88.4 Å². The van der Waals surface area contributed by atoms with Gasteiger partial charge in [0.25, 0.3) is 0 Å². The maximum absolute atomic E-state index is 13.4. The molecule has 2 heteroatoms. The molecule has 2 aromatic carbocycles. The summed E-state index contributed by atoms with van der Waals surface area (Å²) >= 11 is 0. The SMILES string of the molecule is CC(C)CCNC(=O)C(c1ccccc1)(c1ccccc1)C(C)C. The van der Waals surface area contributed by atoms with Gasteiger partial charge in [0.15, 0.2) is 0 Å². The van der Waals surface area contributed by atoms with E-state index in [0.29, 0.717) is 12.5 Å². The number of carbonyl (C=O) groups is 1. The van der Waals surface area contributed by atoms with Crippen molar-refractivity contribution >= 4 is 5.91 Å². The molecule has 0 saturated carbocycles. The van der Waals surface area contributed by atoms with Crippen molar-refractivity contribution < 1.29 is 4.79 Å². The van der Waals surface area contributed by atoms with Crippen LogP contribution in [-0.4, -0.2) is 12.5 Å². The first kappa shape index (κ1) is 18.3. The quantitative estimate of drug-likeness (QED) is 0.780. The zero-order valence-corrected chi connectivity index (χ0v) is 15.3. The Morgan fingerprint density at radius 1 is 0.875 bits per heavy atom. The van der Waals surface area contributed by atoms with E-state index < -0.39 is 5.41 Å². The fraction of sp³-hybridized carbons (Fsp3) is 0.409. The fourth-order valence-electron chi connectivity index (χ4n) is 3.37. The molecule has 0 atom stereocenters. The first-order valence-corrected chi connectivity index (χ1v) is 8.89. The van der Waals surface area contributed by atoms with Gasteiger partial charge in [-0.15, -0.1) is 0 Å². The van der Waals surface area contributed by atoms with Crippen LogP contribution in [0.15, 0.2) is 60.7 Å². The highest BCUT2D eigenvalue weighted by atomic mass is 16.2. The van der Waals surface area contributed by atoms with Gasteiger partial charge < -0.3 is 5.32 Å². The molecule has 0 unspecified atom stereocenters. The highest BCUT2D eigenvalue weighted by Crippen LogP contribution is 2.39. The minimum absolute atomic E-state index is 0.0931. The van der Waals surface area contributed by atoms with Crippen molar-refractivity contribution in [3.05, 3.63) is 71.8 Å². The third-order valence-electron chi connectivity index (χ3n) is 4.69. The summed E-state index contributed by atoms with van der Waals surface area (Å²) in [4.78, 5) is 13.4. The number of benzene rings is 2. The van der Waals surface area contributed by atoms with E-state index in [0.717, 1.165) is 17.5 Å². The third-order valence-corrected chi connectivity index (χ3v) is 4.69. The fourth-order valence-corrected chi connectivity index (χ4v) is 3.37. The standard InChI is InChI=1S/C22H29NO/c1-17(2)15-16-23-21(24)22(18(3)4,19-11-7-5-8-12-19)20-13-9-6-10-14-20/h5-14,17-18H,15-16H2,1-4H3,(H,23,24). The lowest BCUT2D eigenvalue weighted by Crippen LogP contribution is -2.49. The number of hydrogen-bond donors (Lipinski definition) is 1. The van der Waals surface area contributed by atoms with Gasteiger partial charge in [-0.3, -0.25) is 4.79 Å². The van der Waals surface area contributed by atoms with Gasteiger partial charge in [-0.2, -0.15) is 0 Å². The Hall–Kier alpha value is -2.09. The Morgan fingerprint density at radius 2 is 1.33 bits per heavy atom. The van der Waals surface area contributed by atoms with Crippen LogP contribution in [0.1, 0.15) is 45.2 Å². The maximum atomic E-state index is 13.4. The molecule has 2 aromatic rings. The molecule has 1 N–H and O–H groups in total. The first-order valence-electron chi connectivity index (χ1n) is 8.89. The van der Waals surface area contributed by atoms with Crippen molar-refractivity contribution in [3.63, 3.8) is 0 Å². The van der Waals surface area contributed by atoms with Crippen molar-refractivity contribution in [3.8, 4) is 0 Å². The summed E-state index contributed by atoms with van der Waals surface area (Å²) in [5.74, 6) is 0.809. The van der Waals surface area contributed by atoms with Crippen LogP contribution in [-0.2, 0) is 10.2 Å². The van der Waals surface area contributed by atoms with E-state index in [2.05, 4.69) is 57.3 Å². The molecule has 2 rings (SSSR count). The molecule has 0 bridgehead atoms. The monoisotopic (exact) mass is 323 g/mol. The van der Waals surface area contributed by atoms with Gasteiger partial charge in [0, 0.05) is 6.54 Å². The van der Waals surface area contributed by atoms with Gasteiger partial charge >= 0.3 is 0 Å². The summed E-state index contributed by atoms with van der Waals surface area (Å²) in [6, 6.07) is 20.3. The lowest BCUT2D eigenvalue weighted by atomic mass is 9.66. The average molecular weight is 323 g/mol. The van der Waals surface area contributed by atoms with Crippen molar-refractivity contribution in [2.75, 3.05) is 6.54 Å². The molecular weight excluding hydrogens is 294 g/mol. The Morgan fingerprint density at radius 3 is 1.71 bits per heavy atom. The van der Waals surface area contributed by atoms with Crippen LogP contribution in [0, 0.1) is 11.8 Å². The molecule has 0 aromatic heterocycles. The van der Waals surface area contributed by atoms with Crippen LogP contribution in [0.2, 0.25) is 0 Å². The zero-order chi connectivity index (χ0) is 17.6. The number of amides is 1. The second kappa shape index (κ2) is 8.14. The minimum Gasteiger partial charge on any atom is -0.355 e. The van der Waals surface area contributed by atoms with Crippen LogP contribution >= 0.6 is 0 Å². The van der Waals surface area contributed by atoms with E-state index >= 15 is 0 Å². The summed E-state index contributed by atoms with van der Waals surface area (Å²) in [5.41, 5.74) is 1.43. The van der Waals surface area contributed by atoms with Gasteiger partial charge in [-0.25, -0.2) is 0 Å². The molecule has 0 heterocycles. The molecule has 0 saturated heterocycles. The van der Waals surface area contributed by atoms with Crippen molar-refractivity contribution in [2.24, 2.45) is 11.8 Å². The summed E-state index contributed by atoms with van der Waals surface area (Å²) in [5, 5.41) is 3.19. The average Bonchev–Trinajstić information content (AvgIpc) is 2.57. The molecule has 0 aliphatic carbocycles. The number of hydrogen-bond acceptors (Lipinski definition) is 1. The van der Waals surface area contributed by atoms with E-state index in [-0.39, 0.29) is 11.8 Å². The Kier molecular flexibility index (Phi) is 6.19. The molecule has 128 valence electrons. The van der Waals surface area contributed by atoms with Crippen LogP contribution in [0.5, 0.6) is 0 Å². The topological polar surface area (TPSA) is 29.1 Å². The summed E-state index contributed by atoms with van der Waals surface area (Å²) < 4.78 is 0. The number of rotatable bonds is 7.